The van der Waals surface area contributed by atoms with Gasteiger partial charge in [0.15, 0.2) is 0 Å². The average Bonchev–Trinajstić information content (AvgIpc) is 2.97. The van der Waals surface area contributed by atoms with Crippen molar-refractivity contribution in [2.75, 3.05) is 38.4 Å². The summed E-state index contributed by atoms with van der Waals surface area (Å²) < 4.78 is 37.1. The number of anilines is 1. The third-order valence-electron chi connectivity index (χ3n) is 4.42. The second-order valence-corrected chi connectivity index (χ2v) is 8.60. The van der Waals surface area contributed by atoms with E-state index in [0.717, 1.165) is 30.7 Å². The molecule has 1 aliphatic rings. The Morgan fingerprint density at radius 1 is 0.875 bits per heavy atom. The first-order valence-corrected chi connectivity index (χ1v) is 12.0. The van der Waals surface area contributed by atoms with Crippen LogP contribution >= 0.6 is 0 Å². The molecule has 2 aromatic carbocycles. The third kappa shape index (κ3) is 8.66. The van der Waals surface area contributed by atoms with Crippen LogP contribution in [-0.2, 0) is 14.9 Å². The number of unbranched alkanes of at least 4 members (excludes halogenated alkanes) is 2. The van der Waals surface area contributed by atoms with Crippen molar-refractivity contribution in [1.29, 1.82) is 0 Å². The van der Waals surface area contributed by atoms with Gasteiger partial charge in [0.25, 0.3) is 21.9 Å². The van der Waals surface area contributed by atoms with Crippen molar-refractivity contribution in [3.63, 3.8) is 0 Å². The maximum absolute atomic E-state index is 12.2. The van der Waals surface area contributed by atoms with Gasteiger partial charge in [0.1, 0.15) is 5.75 Å². The van der Waals surface area contributed by atoms with Crippen molar-refractivity contribution in [3.05, 3.63) is 59.7 Å². The highest BCUT2D eigenvalue weighted by Crippen LogP contribution is 2.21. The van der Waals surface area contributed by atoms with E-state index in [4.69, 9.17) is 19.8 Å². The van der Waals surface area contributed by atoms with Gasteiger partial charge < -0.3 is 15.2 Å². The van der Waals surface area contributed by atoms with Gasteiger partial charge in [-0.15, -0.1) is 0 Å². The minimum absolute atomic E-state index is 0.237. The van der Waals surface area contributed by atoms with Crippen LogP contribution in [0.25, 0.3) is 0 Å². The highest BCUT2D eigenvalue weighted by atomic mass is 32.2. The molecule has 0 bridgehead atoms. The van der Waals surface area contributed by atoms with Crippen LogP contribution < -0.4 is 10.5 Å². The molecule has 0 atom stereocenters. The molecule has 0 aliphatic carbocycles. The lowest BCUT2D eigenvalue weighted by molar-refractivity contribution is 0.0559. The predicted molar refractivity (Wildman–Crippen MR) is 120 cm³/mol. The van der Waals surface area contributed by atoms with Crippen molar-refractivity contribution < 1.29 is 32.0 Å². The number of hydrogen-bond acceptors (Lipinski definition) is 7. The summed E-state index contributed by atoms with van der Waals surface area (Å²) in [5.41, 5.74) is 7.30. The zero-order valence-electron chi connectivity index (χ0n) is 17.9. The maximum atomic E-state index is 12.2. The molecule has 0 unspecified atom stereocenters. The Kier molecular flexibility index (Phi) is 9.63. The first-order chi connectivity index (χ1) is 15.2. The number of hydrogen-bond donors (Lipinski definition) is 2. The van der Waals surface area contributed by atoms with Gasteiger partial charge in [0, 0.05) is 12.3 Å². The summed E-state index contributed by atoms with van der Waals surface area (Å²) >= 11 is 0. The average molecular weight is 465 g/mol. The largest absolute Gasteiger partial charge is 0.494 e. The predicted octanol–water partition coefficient (Wildman–Crippen LogP) is 2.63. The molecule has 1 heterocycles. The van der Waals surface area contributed by atoms with Gasteiger partial charge >= 0.3 is 0 Å². The molecule has 1 aliphatic heterocycles. The molecule has 0 aromatic heterocycles. The number of carbonyl (C=O) groups excluding carboxylic acids is 2. The quantitative estimate of drug-likeness (QED) is 0.237. The minimum Gasteiger partial charge on any atom is -0.494 e. The van der Waals surface area contributed by atoms with E-state index in [2.05, 4.69) is 0 Å². The molecule has 32 heavy (non-hydrogen) atoms. The standard InChI is InChI=1S/C21H24N2O4.CH4O3S/c22-16-8-10-17(11-9-16)27-14-5-1-4-13-26-15-12-23-20(24)18-6-2-3-7-19(18)21(23)25;1-5(2,3)4/h2-3,6-11H,1,4-5,12-15,22H2;1H3,(H,2,3,4). The van der Waals surface area contributed by atoms with E-state index < -0.39 is 10.1 Å². The number of nitrogen functional groups attached to an aromatic ring is 1. The number of fused-ring (bicyclic) bond motifs is 1. The van der Waals surface area contributed by atoms with Crippen molar-refractivity contribution in [2.24, 2.45) is 0 Å². The second-order valence-electron chi connectivity index (χ2n) is 7.13. The Labute approximate surface area is 187 Å². The smallest absolute Gasteiger partial charge is 0.261 e. The van der Waals surface area contributed by atoms with Gasteiger partial charge in [0.05, 0.1) is 37.1 Å². The van der Waals surface area contributed by atoms with Crippen molar-refractivity contribution in [1.82, 2.24) is 4.90 Å². The number of benzene rings is 2. The van der Waals surface area contributed by atoms with Crippen molar-refractivity contribution in [2.45, 2.75) is 19.3 Å². The molecule has 174 valence electrons. The lowest BCUT2D eigenvalue weighted by Crippen LogP contribution is -2.33. The number of amides is 2. The topological polar surface area (TPSA) is 136 Å². The number of ether oxygens (including phenoxy) is 2. The van der Waals surface area contributed by atoms with E-state index in [-0.39, 0.29) is 18.4 Å². The Morgan fingerprint density at radius 2 is 1.41 bits per heavy atom. The maximum Gasteiger partial charge on any atom is 0.261 e. The second kappa shape index (κ2) is 12.2. The number of nitrogens with two attached hydrogens (primary N) is 1. The lowest BCUT2D eigenvalue weighted by atomic mass is 10.1. The summed E-state index contributed by atoms with van der Waals surface area (Å²) in [7, 11) is -3.67. The molecule has 10 heteroatoms. The van der Waals surface area contributed by atoms with E-state index in [1.165, 1.54) is 4.90 Å². The van der Waals surface area contributed by atoms with Crippen molar-refractivity contribution >= 4 is 27.6 Å². The third-order valence-corrected chi connectivity index (χ3v) is 4.42. The van der Waals surface area contributed by atoms with Crippen LogP contribution in [0.5, 0.6) is 5.75 Å². The zero-order chi connectivity index (χ0) is 23.6. The first kappa shape index (κ1) is 25.3. The highest BCUT2D eigenvalue weighted by Gasteiger charge is 2.34. The number of nitrogens with zero attached hydrogens (tertiary/aromatic N) is 1. The van der Waals surface area contributed by atoms with Crippen LogP contribution in [0.15, 0.2) is 48.5 Å². The molecule has 2 amide bonds. The fraction of sp³-hybridized carbons (Fsp3) is 0.364. The van der Waals surface area contributed by atoms with Gasteiger partial charge in [-0.25, -0.2) is 0 Å². The van der Waals surface area contributed by atoms with E-state index in [1.54, 1.807) is 24.3 Å². The number of carbonyl (C=O) groups is 2. The molecule has 0 fully saturated rings. The molecular formula is C22H28N2O7S. The van der Waals surface area contributed by atoms with Crippen LogP contribution in [0.2, 0.25) is 0 Å². The van der Waals surface area contributed by atoms with Gasteiger partial charge in [-0.1, -0.05) is 12.1 Å². The summed E-state index contributed by atoms with van der Waals surface area (Å²) in [5.74, 6) is 0.347. The van der Waals surface area contributed by atoms with E-state index >= 15 is 0 Å². The molecular weight excluding hydrogens is 436 g/mol. The van der Waals surface area contributed by atoms with Crippen LogP contribution in [0, 0.1) is 0 Å². The summed E-state index contributed by atoms with van der Waals surface area (Å²) in [6.45, 7) is 1.89. The Balaban J connectivity index is 0.000000654. The highest BCUT2D eigenvalue weighted by molar-refractivity contribution is 7.85. The zero-order valence-corrected chi connectivity index (χ0v) is 18.7. The summed E-state index contributed by atoms with van der Waals surface area (Å²) in [4.78, 5) is 25.7. The van der Waals surface area contributed by atoms with Crippen molar-refractivity contribution in [3.8, 4) is 5.75 Å². The van der Waals surface area contributed by atoms with E-state index in [0.29, 0.717) is 37.2 Å². The number of imide groups is 1. The molecule has 9 nitrogen and oxygen atoms in total. The fourth-order valence-corrected chi connectivity index (χ4v) is 2.94. The Bertz CT molecular complexity index is 964. The van der Waals surface area contributed by atoms with Gasteiger partial charge in [0.2, 0.25) is 0 Å². The SMILES string of the molecule is CS(=O)(=O)O.Nc1ccc(OCCCCCOCCN2C(=O)c3ccccc3C2=O)cc1. The first-order valence-electron chi connectivity index (χ1n) is 10.1. The lowest BCUT2D eigenvalue weighted by Gasteiger charge is -2.13. The van der Waals surface area contributed by atoms with Gasteiger partial charge in [-0.2, -0.15) is 8.42 Å². The molecule has 0 saturated heterocycles. The van der Waals surface area contributed by atoms with Gasteiger partial charge in [-0.05, 0) is 55.7 Å². The molecule has 3 rings (SSSR count). The molecule has 0 saturated carbocycles. The summed E-state index contributed by atoms with van der Waals surface area (Å²) in [6, 6.07) is 14.2. The monoisotopic (exact) mass is 464 g/mol. The normalized spacial score (nSPS) is 12.9. The summed E-state index contributed by atoms with van der Waals surface area (Å²) in [5, 5.41) is 0. The van der Waals surface area contributed by atoms with E-state index in [9.17, 15) is 18.0 Å². The molecule has 2 aromatic rings. The van der Waals surface area contributed by atoms with Crippen LogP contribution in [0.1, 0.15) is 40.0 Å². The summed E-state index contributed by atoms with van der Waals surface area (Å²) in [6.07, 6.45) is 3.55. The van der Waals surface area contributed by atoms with Gasteiger partial charge in [-0.3, -0.25) is 19.0 Å². The number of rotatable bonds is 10. The molecule has 0 radical (unpaired) electrons. The van der Waals surface area contributed by atoms with Crippen LogP contribution in [0.3, 0.4) is 0 Å². The van der Waals surface area contributed by atoms with Crippen LogP contribution in [-0.4, -0.2) is 62.3 Å². The molecule has 3 N–H and O–H groups in total. The van der Waals surface area contributed by atoms with E-state index in [1.807, 2.05) is 24.3 Å². The Hall–Kier alpha value is -2.95. The van der Waals surface area contributed by atoms with Crippen LogP contribution in [0.4, 0.5) is 5.69 Å². The minimum atomic E-state index is -3.67. The molecule has 0 spiro atoms. The fourth-order valence-electron chi connectivity index (χ4n) is 2.94. The Morgan fingerprint density at radius 3 is 1.97 bits per heavy atom.